The molecule has 0 bridgehead atoms. The minimum Gasteiger partial charge on any atom is -0.343 e. The molecule has 0 radical (unpaired) electrons. The van der Waals surface area contributed by atoms with Crippen LogP contribution in [0.1, 0.15) is 28.3 Å². The largest absolute Gasteiger partial charge is 0.343 e. The Morgan fingerprint density at radius 2 is 1.29 bits per heavy atom. The van der Waals surface area contributed by atoms with Crippen LogP contribution in [0.15, 0.2) is 119 Å². The smallest absolute Gasteiger partial charge is 0.243 e. The van der Waals surface area contributed by atoms with E-state index in [0.717, 1.165) is 33.3 Å². The summed E-state index contributed by atoms with van der Waals surface area (Å²) >= 11 is 0. The fraction of sp³-hybridized carbons (Fsp3) is 0.212. The summed E-state index contributed by atoms with van der Waals surface area (Å²) in [4.78, 5) is 0.318. The average molecular weight is 600 g/mol. The number of nitrogens with one attached hydrogen (secondary N) is 1. The van der Waals surface area contributed by atoms with Gasteiger partial charge in [0.25, 0.3) is 0 Å². The molecule has 1 aliphatic rings. The van der Waals surface area contributed by atoms with E-state index < -0.39 is 32.0 Å². The number of hydrogen-bond acceptors (Lipinski definition) is 4. The lowest BCUT2D eigenvalue weighted by Gasteiger charge is -2.36. The molecular formula is C33H33N3O4S2. The van der Waals surface area contributed by atoms with Gasteiger partial charge in [0.05, 0.1) is 9.79 Å². The first-order valence-corrected chi connectivity index (χ1v) is 16.8. The molecule has 0 spiro atoms. The lowest BCUT2D eigenvalue weighted by atomic mass is 9.88. The van der Waals surface area contributed by atoms with Gasteiger partial charge in [-0.3, -0.25) is 0 Å². The summed E-state index contributed by atoms with van der Waals surface area (Å²) in [7, 11) is -7.93. The van der Waals surface area contributed by atoms with Gasteiger partial charge in [-0.05, 0) is 61.2 Å². The zero-order chi connectivity index (χ0) is 29.5. The highest BCUT2D eigenvalue weighted by atomic mass is 32.2. The van der Waals surface area contributed by atoms with Crippen LogP contribution < -0.4 is 4.72 Å². The van der Waals surface area contributed by atoms with Crippen LogP contribution in [0.25, 0.3) is 10.9 Å². The van der Waals surface area contributed by atoms with Crippen LogP contribution >= 0.6 is 0 Å². The topological polar surface area (TPSA) is 88.5 Å². The molecular weight excluding hydrogens is 567 g/mol. The molecule has 42 heavy (non-hydrogen) atoms. The van der Waals surface area contributed by atoms with E-state index >= 15 is 0 Å². The molecule has 216 valence electrons. The van der Waals surface area contributed by atoms with Crippen LogP contribution in [-0.2, 0) is 26.6 Å². The second-order valence-electron chi connectivity index (χ2n) is 10.9. The molecule has 0 saturated carbocycles. The Hall–Kier alpha value is -3.76. The number of hydrogen-bond donors (Lipinski definition) is 1. The first-order valence-electron chi connectivity index (χ1n) is 13.9. The lowest BCUT2D eigenvalue weighted by Crippen LogP contribution is -2.51. The van der Waals surface area contributed by atoms with E-state index in [1.54, 1.807) is 48.5 Å². The molecule has 1 aliphatic heterocycles. The molecule has 2 heterocycles. The number of rotatable bonds is 6. The van der Waals surface area contributed by atoms with Gasteiger partial charge in [0.2, 0.25) is 20.0 Å². The van der Waals surface area contributed by atoms with E-state index in [2.05, 4.69) is 15.4 Å². The molecule has 6 rings (SSSR count). The van der Waals surface area contributed by atoms with Gasteiger partial charge in [-0.2, -0.15) is 4.31 Å². The number of nitrogens with zero attached hydrogens (tertiary/aromatic N) is 2. The molecule has 0 amide bonds. The SMILES string of the molecule is Cc1ccc(S(=O)(=O)N[C@@H]2CN(S(=O)(=O)c3ccc(C)cc3)CCn3c(cc4ccccc43)[C@H]2c2ccccc2)cc1. The summed E-state index contributed by atoms with van der Waals surface area (Å²) in [6.07, 6.45) is 0. The van der Waals surface area contributed by atoms with Crippen molar-refractivity contribution in [3.8, 4) is 0 Å². The summed E-state index contributed by atoms with van der Waals surface area (Å²) in [6, 6.07) is 32.4. The first-order chi connectivity index (χ1) is 20.1. The van der Waals surface area contributed by atoms with Crippen LogP contribution in [-0.4, -0.2) is 44.8 Å². The fourth-order valence-electron chi connectivity index (χ4n) is 5.80. The van der Waals surface area contributed by atoms with Crippen LogP contribution in [0.3, 0.4) is 0 Å². The molecule has 0 saturated heterocycles. The Labute approximate surface area is 247 Å². The van der Waals surface area contributed by atoms with Gasteiger partial charge in [-0.1, -0.05) is 83.9 Å². The van der Waals surface area contributed by atoms with Gasteiger partial charge in [-0.15, -0.1) is 0 Å². The van der Waals surface area contributed by atoms with Crippen molar-refractivity contribution in [2.24, 2.45) is 0 Å². The highest BCUT2D eigenvalue weighted by Gasteiger charge is 2.38. The average Bonchev–Trinajstić information content (AvgIpc) is 3.32. The highest BCUT2D eigenvalue weighted by molar-refractivity contribution is 7.89. The molecule has 0 aliphatic carbocycles. The fourth-order valence-corrected chi connectivity index (χ4v) is 8.50. The Kier molecular flexibility index (Phi) is 7.53. The Morgan fingerprint density at radius 1 is 0.690 bits per heavy atom. The minimum atomic E-state index is -4.00. The maximum absolute atomic E-state index is 14.1. The van der Waals surface area contributed by atoms with Gasteiger partial charge < -0.3 is 4.57 Å². The predicted octanol–water partition coefficient (Wildman–Crippen LogP) is 5.44. The number of aryl methyl sites for hydroxylation is 2. The summed E-state index contributed by atoms with van der Waals surface area (Å²) < 4.78 is 62.4. The van der Waals surface area contributed by atoms with Crippen molar-refractivity contribution in [3.05, 3.63) is 132 Å². The molecule has 7 nitrogen and oxygen atoms in total. The normalized spacial score (nSPS) is 18.3. The molecule has 5 aromatic rings. The Bertz CT molecular complexity index is 1930. The zero-order valence-electron chi connectivity index (χ0n) is 23.5. The van der Waals surface area contributed by atoms with Crippen molar-refractivity contribution >= 4 is 30.9 Å². The third-order valence-corrected chi connectivity index (χ3v) is 11.4. The van der Waals surface area contributed by atoms with Crippen molar-refractivity contribution in [1.82, 2.24) is 13.6 Å². The third kappa shape index (κ3) is 5.41. The summed E-state index contributed by atoms with van der Waals surface area (Å²) in [5.41, 5.74) is 4.71. The van der Waals surface area contributed by atoms with E-state index in [-0.39, 0.29) is 22.9 Å². The van der Waals surface area contributed by atoms with Gasteiger partial charge in [0.15, 0.2) is 0 Å². The van der Waals surface area contributed by atoms with E-state index in [1.807, 2.05) is 68.4 Å². The summed E-state index contributed by atoms with van der Waals surface area (Å²) in [5.74, 6) is -0.463. The number of benzene rings is 4. The van der Waals surface area contributed by atoms with Crippen LogP contribution in [0.2, 0.25) is 0 Å². The predicted molar refractivity (Wildman–Crippen MR) is 165 cm³/mol. The number of fused-ring (bicyclic) bond motifs is 3. The zero-order valence-corrected chi connectivity index (χ0v) is 25.1. The standard InChI is InChI=1S/C33H33N3O4S2/c1-24-12-16-28(17-13-24)41(37,38)34-30-23-35(42(39,40)29-18-14-25(2)15-19-29)20-21-36-31-11-7-6-10-27(31)22-32(36)33(30)26-8-4-3-5-9-26/h3-19,22,30,33-34H,20-21,23H2,1-2H3/t30-,33+/m1/s1. The van der Waals surface area contributed by atoms with E-state index in [9.17, 15) is 16.8 Å². The van der Waals surface area contributed by atoms with Gasteiger partial charge >= 0.3 is 0 Å². The maximum Gasteiger partial charge on any atom is 0.243 e. The number of aromatic nitrogens is 1. The Balaban J connectivity index is 1.54. The number of sulfonamides is 2. The van der Waals surface area contributed by atoms with Crippen LogP contribution in [0.5, 0.6) is 0 Å². The van der Waals surface area contributed by atoms with Gasteiger partial charge in [-0.25, -0.2) is 21.6 Å². The maximum atomic E-state index is 14.1. The van der Waals surface area contributed by atoms with Crippen LogP contribution in [0, 0.1) is 13.8 Å². The first kappa shape index (κ1) is 28.4. The highest BCUT2D eigenvalue weighted by Crippen LogP contribution is 2.36. The molecule has 0 unspecified atom stereocenters. The van der Waals surface area contributed by atoms with E-state index in [1.165, 1.54) is 4.31 Å². The monoisotopic (exact) mass is 599 g/mol. The summed E-state index contributed by atoms with van der Waals surface area (Å²) in [6.45, 7) is 4.38. The van der Waals surface area contributed by atoms with Gasteiger partial charge in [0, 0.05) is 42.8 Å². The molecule has 4 aromatic carbocycles. The molecule has 1 N–H and O–H groups in total. The lowest BCUT2D eigenvalue weighted by molar-refractivity contribution is 0.323. The van der Waals surface area contributed by atoms with E-state index in [0.29, 0.717) is 6.54 Å². The molecule has 0 fully saturated rings. The van der Waals surface area contributed by atoms with Gasteiger partial charge in [0.1, 0.15) is 0 Å². The van der Waals surface area contributed by atoms with Crippen LogP contribution in [0.4, 0.5) is 0 Å². The second-order valence-corrected chi connectivity index (χ2v) is 14.5. The molecule has 9 heteroatoms. The van der Waals surface area contributed by atoms with Crippen molar-refractivity contribution in [2.75, 3.05) is 13.1 Å². The van der Waals surface area contributed by atoms with Crippen molar-refractivity contribution < 1.29 is 16.8 Å². The van der Waals surface area contributed by atoms with E-state index in [4.69, 9.17) is 0 Å². The summed E-state index contributed by atoms with van der Waals surface area (Å²) in [5, 5.41) is 1.02. The van der Waals surface area contributed by atoms with Crippen molar-refractivity contribution in [1.29, 1.82) is 0 Å². The number of para-hydroxylation sites is 1. The Morgan fingerprint density at radius 3 is 1.95 bits per heavy atom. The quantitative estimate of drug-likeness (QED) is 0.282. The van der Waals surface area contributed by atoms with Crippen molar-refractivity contribution in [2.45, 2.75) is 42.1 Å². The minimum absolute atomic E-state index is 0.0393. The molecule has 2 atom stereocenters. The van der Waals surface area contributed by atoms with Crippen molar-refractivity contribution in [3.63, 3.8) is 0 Å². The third-order valence-electron chi connectivity index (χ3n) is 7.99. The molecule has 1 aromatic heterocycles. The second kappa shape index (κ2) is 11.1.